The Morgan fingerprint density at radius 2 is 1.74 bits per heavy atom. The van der Waals surface area contributed by atoms with Gasteiger partial charge in [-0.2, -0.15) is 0 Å². The van der Waals surface area contributed by atoms with E-state index in [0.29, 0.717) is 49.5 Å². The van der Waals surface area contributed by atoms with Gasteiger partial charge in [-0.05, 0) is 77.9 Å². The molecular formula is C34H24Cl2N2O5. The molecule has 0 aliphatic carbocycles. The lowest BCUT2D eigenvalue weighted by molar-refractivity contribution is -0.131. The fraction of sp³-hybridized carbons (Fsp3) is 0.147. The van der Waals surface area contributed by atoms with E-state index in [1.807, 2.05) is 12.1 Å². The van der Waals surface area contributed by atoms with E-state index in [4.69, 9.17) is 39.1 Å². The van der Waals surface area contributed by atoms with Crippen LogP contribution in [-0.2, 0) is 19.7 Å². The number of rotatable bonds is 5. The second-order valence-corrected chi connectivity index (χ2v) is 11.2. The molecule has 1 fully saturated rings. The average molecular weight is 611 g/mol. The van der Waals surface area contributed by atoms with Gasteiger partial charge in [0, 0.05) is 39.2 Å². The van der Waals surface area contributed by atoms with Crippen LogP contribution in [0.4, 0.5) is 5.69 Å². The Bertz CT molecular complexity index is 1830. The summed E-state index contributed by atoms with van der Waals surface area (Å²) >= 11 is 12.7. The predicted molar refractivity (Wildman–Crippen MR) is 164 cm³/mol. The van der Waals surface area contributed by atoms with Crippen molar-refractivity contribution in [3.05, 3.63) is 123 Å². The Labute approximate surface area is 258 Å². The number of hydrogen-bond donors (Lipinski definition) is 2. The maximum atomic E-state index is 14.4. The highest BCUT2D eigenvalue weighted by Crippen LogP contribution is 2.58. The summed E-state index contributed by atoms with van der Waals surface area (Å²) in [6, 6.07) is 23.1. The van der Waals surface area contributed by atoms with Crippen LogP contribution < -0.4 is 15.4 Å². The Morgan fingerprint density at radius 3 is 2.47 bits per heavy atom. The van der Waals surface area contributed by atoms with Gasteiger partial charge in [0.25, 0.3) is 0 Å². The average Bonchev–Trinajstić information content (AvgIpc) is 3.29. The van der Waals surface area contributed by atoms with Crippen molar-refractivity contribution < 1.29 is 23.9 Å². The maximum absolute atomic E-state index is 14.4. The van der Waals surface area contributed by atoms with E-state index in [-0.39, 0.29) is 18.2 Å². The summed E-state index contributed by atoms with van der Waals surface area (Å²) in [5.74, 6) is 1.80. The summed E-state index contributed by atoms with van der Waals surface area (Å²) < 4.78 is 11.1. The summed E-state index contributed by atoms with van der Waals surface area (Å²) in [5.41, 5.74) is 2.05. The molecule has 2 amide bonds. The second-order valence-electron chi connectivity index (χ2n) is 10.3. The number of anilines is 1. The Balaban J connectivity index is 1.56. The molecule has 2 aliphatic rings. The van der Waals surface area contributed by atoms with Crippen molar-refractivity contribution in [1.82, 2.24) is 5.32 Å². The first-order valence-electron chi connectivity index (χ1n) is 13.4. The van der Waals surface area contributed by atoms with Crippen molar-refractivity contribution in [1.29, 1.82) is 0 Å². The van der Waals surface area contributed by atoms with Gasteiger partial charge in [0.15, 0.2) is 0 Å². The van der Waals surface area contributed by atoms with E-state index < -0.39 is 23.3 Å². The number of piperidine rings is 1. The highest BCUT2D eigenvalue weighted by molar-refractivity contribution is 6.31. The summed E-state index contributed by atoms with van der Waals surface area (Å²) in [5, 5.41) is 7.06. The maximum Gasteiger partial charge on any atom is 0.337 e. The number of carbonyl (C=O) groups excluding carboxylic acids is 3. The Hall–Kier alpha value is -4.77. The number of benzene rings is 4. The zero-order chi connectivity index (χ0) is 30.3. The highest BCUT2D eigenvalue weighted by Gasteiger charge is 2.61. The van der Waals surface area contributed by atoms with Gasteiger partial charge in [-0.3, -0.25) is 9.59 Å². The molecule has 3 atom stereocenters. The number of hydrogen-bond acceptors (Lipinski definition) is 5. The molecule has 1 spiro atoms. The monoisotopic (exact) mass is 610 g/mol. The van der Waals surface area contributed by atoms with Crippen LogP contribution >= 0.6 is 23.2 Å². The lowest BCUT2D eigenvalue weighted by Gasteiger charge is -2.46. The van der Waals surface area contributed by atoms with Gasteiger partial charge in [0.05, 0.1) is 18.7 Å². The zero-order valence-electron chi connectivity index (χ0n) is 22.8. The fourth-order valence-corrected chi connectivity index (χ4v) is 6.50. The third-order valence-electron chi connectivity index (χ3n) is 7.99. The third-order valence-corrected chi connectivity index (χ3v) is 8.46. The first kappa shape index (κ1) is 28.4. The van der Waals surface area contributed by atoms with Gasteiger partial charge in [0.1, 0.15) is 16.9 Å². The molecule has 2 N–H and O–H groups in total. The minimum atomic E-state index is -1.32. The van der Waals surface area contributed by atoms with Crippen LogP contribution in [0.15, 0.2) is 84.9 Å². The molecule has 9 heteroatoms. The van der Waals surface area contributed by atoms with Crippen LogP contribution in [0.25, 0.3) is 0 Å². The largest absolute Gasteiger partial charge is 0.465 e. The molecule has 4 aromatic carbocycles. The number of nitrogens with one attached hydrogen (secondary N) is 2. The number of ether oxygens (including phenoxy) is 2. The molecule has 7 nitrogen and oxygen atoms in total. The normalized spacial score (nSPS) is 20.5. The number of halogens is 2. The molecule has 43 heavy (non-hydrogen) atoms. The molecule has 0 aromatic heterocycles. The first-order chi connectivity index (χ1) is 20.7. The molecule has 0 bridgehead atoms. The first-order valence-corrected chi connectivity index (χ1v) is 14.1. The second kappa shape index (κ2) is 11.1. The quantitative estimate of drug-likeness (QED) is 0.192. The van der Waals surface area contributed by atoms with Gasteiger partial charge >= 0.3 is 5.97 Å². The number of carbonyl (C=O) groups is 3. The van der Waals surface area contributed by atoms with E-state index in [2.05, 4.69) is 16.6 Å². The van der Waals surface area contributed by atoms with Crippen molar-refractivity contribution in [3.63, 3.8) is 0 Å². The minimum Gasteiger partial charge on any atom is -0.465 e. The number of esters is 1. The van der Waals surface area contributed by atoms with Crippen LogP contribution in [-0.4, -0.2) is 24.9 Å². The van der Waals surface area contributed by atoms with E-state index in [9.17, 15) is 14.4 Å². The van der Waals surface area contributed by atoms with E-state index in [1.54, 1.807) is 72.8 Å². The van der Waals surface area contributed by atoms with Crippen molar-refractivity contribution >= 4 is 46.7 Å². The summed E-state index contributed by atoms with van der Waals surface area (Å²) in [6.07, 6.45) is 5.84. The van der Waals surface area contributed by atoms with E-state index in [1.165, 1.54) is 7.11 Å². The van der Waals surface area contributed by atoms with Crippen molar-refractivity contribution in [3.8, 4) is 23.8 Å². The number of methoxy groups -OCH3 is 1. The molecule has 1 saturated heterocycles. The van der Waals surface area contributed by atoms with Crippen LogP contribution in [0.3, 0.4) is 0 Å². The molecule has 2 aliphatic heterocycles. The lowest BCUT2D eigenvalue weighted by Crippen LogP contribution is -2.56. The molecule has 214 valence electrons. The van der Waals surface area contributed by atoms with Crippen molar-refractivity contribution in [2.24, 2.45) is 0 Å². The van der Waals surface area contributed by atoms with Gasteiger partial charge in [-0.25, -0.2) is 4.79 Å². The van der Waals surface area contributed by atoms with Crippen LogP contribution in [0.1, 0.15) is 51.0 Å². The summed E-state index contributed by atoms with van der Waals surface area (Å²) in [4.78, 5) is 39.8. The van der Waals surface area contributed by atoms with Crippen LogP contribution in [0.5, 0.6) is 11.5 Å². The smallest absolute Gasteiger partial charge is 0.337 e. The zero-order valence-corrected chi connectivity index (χ0v) is 24.3. The van der Waals surface area contributed by atoms with Gasteiger partial charge in [-0.1, -0.05) is 47.3 Å². The number of amides is 2. The van der Waals surface area contributed by atoms with Gasteiger partial charge in [0.2, 0.25) is 11.8 Å². The predicted octanol–water partition coefficient (Wildman–Crippen LogP) is 6.79. The molecule has 0 saturated carbocycles. The van der Waals surface area contributed by atoms with E-state index >= 15 is 0 Å². The Kier molecular flexibility index (Phi) is 7.35. The van der Waals surface area contributed by atoms with Crippen LogP contribution in [0.2, 0.25) is 10.0 Å². The molecule has 1 unspecified atom stereocenters. The van der Waals surface area contributed by atoms with Gasteiger partial charge in [-0.15, -0.1) is 6.42 Å². The number of terminal acetylenes is 1. The molecule has 6 rings (SSSR count). The van der Waals surface area contributed by atoms with Crippen molar-refractivity contribution in [2.75, 3.05) is 12.4 Å². The fourth-order valence-electron chi connectivity index (χ4n) is 6.13. The van der Waals surface area contributed by atoms with Crippen molar-refractivity contribution in [2.45, 2.75) is 23.8 Å². The molecule has 0 radical (unpaired) electrons. The summed E-state index contributed by atoms with van der Waals surface area (Å²) in [7, 11) is 1.31. The topological polar surface area (TPSA) is 93.7 Å². The van der Waals surface area contributed by atoms with Gasteiger partial charge < -0.3 is 20.1 Å². The lowest BCUT2D eigenvalue weighted by atomic mass is 9.59. The Morgan fingerprint density at radius 1 is 0.977 bits per heavy atom. The number of fused-ring (bicyclic) bond motifs is 2. The van der Waals surface area contributed by atoms with Crippen LogP contribution in [0, 0.1) is 12.3 Å². The standard InChI is InChI=1S/C34H24Cl2N2O5/c1-3-19-7-14-29(43-24-11-8-20(9-12-24)32(40)42-2)25(15-19)31-34(26-13-10-23(36)17-28(26)37-33(34)41)27(18-30(39)38-31)21-5-4-6-22(35)16-21/h1,4-17,27,31H,18H2,2H3,(H,37,41)(H,38,39)/t27-,31+,34?/m0/s1. The molecule has 2 heterocycles. The SMILES string of the molecule is C#Cc1ccc(Oc2ccc(C(=O)OC)cc2)c([C@H]2NC(=O)C[C@@H](c3cccc(Cl)c3)C23C(=O)Nc2cc(Cl)ccc23)c1. The third kappa shape index (κ3) is 4.89. The minimum absolute atomic E-state index is 0.0341. The summed E-state index contributed by atoms with van der Waals surface area (Å²) in [6.45, 7) is 0. The molecular weight excluding hydrogens is 587 g/mol. The van der Waals surface area contributed by atoms with E-state index in [0.717, 1.165) is 5.56 Å². The molecule has 4 aromatic rings. The highest BCUT2D eigenvalue weighted by atomic mass is 35.5.